The molecule has 12 heteroatoms. The SMILES string of the molecule is C=CCSc1nnc(NC(=O)Cn2cc(C(F)(F)F)cc(Cl)c2=O)s1. The molecule has 0 bridgehead atoms. The molecule has 0 aliphatic heterocycles. The van der Waals surface area contributed by atoms with Crippen molar-refractivity contribution in [3.8, 4) is 0 Å². The molecular formula is C13H10ClF3N4O2S2. The van der Waals surface area contributed by atoms with Crippen molar-refractivity contribution >= 4 is 45.7 Å². The van der Waals surface area contributed by atoms with E-state index in [4.69, 9.17) is 11.6 Å². The topological polar surface area (TPSA) is 76.9 Å². The van der Waals surface area contributed by atoms with Gasteiger partial charge in [0.1, 0.15) is 11.6 Å². The second kappa shape index (κ2) is 8.02. The molecule has 0 saturated carbocycles. The molecule has 0 fully saturated rings. The van der Waals surface area contributed by atoms with Gasteiger partial charge in [-0.2, -0.15) is 13.2 Å². The fourth-order valence-electron chi connectivity index (χ4n) is 1.63. The maximum atomic E-state index is 12.8. The summed E-state index contributed by atoms with van der Waals surface area (Å²) < 4.78 is 39.5. The van der Waals surface area contributed by atoms with Gasteiger partial charge in [-0.15, -0.1) is 16.8 Å². The first kappa shape index (κ1) is 19.5. The van der Waals surface area contributed by atoms with Gasteiger partial charge in [0.25, 0.3) is 5.56 Å². The largest absolute Gasteiger partial charge is 0.417 e. The first-order chi connectivity index (χ1) is 11.7. The van der Waals surface area contributed by atoms with E-state index in [1.54, 1.807) is 6.08 Å². The number of carbonyl (C=O) groups excluding carboxylic acids is 1. The lowest BCUT2D eigenvalue weighted by molar-refractivity contribution is -0.138. The summed E-state index contributed by atoms with van der Waals surface area (Å²) in [4.78, 5) is 23.8. The summed E-state index contributed by atoms with van der Waals surface area (Å²) in [5, 5.41) is 9.48. The van der Waals surface area contributed by atoms with Crippen LogP contribution in [0.1, 0.15) is 5.56 Å². The molecule has 6 nitrogen and oxygen atoms in total. The van der Waals surface area contributed by atoms with Crippen LogP contribution < -0.4 is 10.9 Å². The Kier molecular flexibility index (Phi) is 6.25. The molecule has 0 unspecified atom stereocenters. The Morgan fingerprint density at radius 1 is 1.48 bits per heavy atom. The van der Waals surface area contributed by atoms with Gasteiger partial charge < -0.3 is 4.57 Å². The quantitative estimate of drug-likeness (QED) is 0.449. The van der Waals surface area contributed by atoms with Crippen LogP contribution in [0.5, 0.6) is 0 Å². The number of nitrogens with one attached hydrogen (secondary N) is 1. The Morgan fingerprint density at radius 3 is 2.84 bits per heavy atom. The van der Waals surface area contributed by atoms with Crippen LogP contribution in [0.4, 0.5) is 18.3 Å². The van der Waals surface area contributed by atoms with Crippen LogP contribution in [0.25, 0.3) is 0 Å². The summed E-state index contributed by atoms with van der Waals surface area (Å²) >= 11 is 7.98. The molecule has 2 heterocycles. The van der Waals surface area contributed by atoms with E-state index in [0.717, 1.165) is 11.3 Å². The number of thioether (sulfide) groups is 1. The van der Waals surface area contributed by atoms with E-state index in [-0.39, 0.29) is 5.13 Å². The van der Waals surface area contributed by atoms with Crippen molar-refractivity contribution in [2.75, 3.05) is 11.1 Å². The number of hydrogen-bond acceptors (Lipinski definition) is 6. The van der Waals surface area contributed by atoms with E-state index >= 15 is 0 Å². The molecule has 2 rings (SSSR count). The fraction of sp³-hybridized carbons (Fsp3) is 0.231. The van der Waals surface area contributed by atoms with E-state index in [0.29, 0.717) is 26.9 Å². The van der Waals surface area contributed by atoms with Gasteiger partial charge in [-0.3, -0.25) is 14.9 Å². The molecule has 0 saturated heterocycles. The van der Waals surface area contributed by atoms with Gasteiger partial charge in [-0.05, 0) is 6.07 Å². The van der Waals surface area contributed by atoms with E-state index in [1.165, 1.54) is 11.8 Å². The van der Waals surface area contributed by atoms with Gasteiger partial charge >= 0.3 is 6.18 Å². The maximum Gasteiger partial charge on any atom is 0.417 e. The molecule has 0 spiro atoms. The molecule has 0 aromatic carbocycles. The fourth-order valence-corrected chi connectivity index (χ4v) is 3.39. The van der Waals surface area contributed by atoms with E-state index in [1.807, 2.05) is 0 Å². The highest BCUT2D eigenvalue weighted by molar-refractivity contribution is 8.01. The van der Waals surface area contributed by atoms with Crippen molar-refractivity contribution in [3.05, 3.63) is 45.9 Å². The minimum atomic E-state index is -4.69. The van der Waals surface area contributed by atoms with Gasteiger partial charge in [0, 0.05) is 11.9 Å². The molecule has 134 valence electrons. The van der Waals surface area contributed by atoms with Crippen LogP contribution >= 0.6 is 34.7 Å². The Labute approximate surface area is 152 Å². The number of rotatable bonds is 6. The van der Waals surface area contributed by atoms with E-state index < -0.39 is 34.8 Å². The molecule has 1 N–H and O–H groups in total. The van der Waals surface area contributed by atoms with Gasteiger partial charge in [0.2, 0.25) is 11.0 Å². The summed E-state index contributed by atoms with van der Waals surface area (Å²) in [6.45, 7) is 2.92. The summed E-state index contributed by atoms with van der Waals surface area (Å²) in [6.07, 6.45) is -2.47. The number of amides is 1. The van der Waals surface area contributed by atoms with Gasteiger partial charge in [0.05, 0.1) is 5.56 Å². The molecule has 0 aliphatic rings. The number of nitrogens with zero attached hydrogens (tertiary/aromatic N) is 3. The number of alkyl halides is 3. The zero-order chi connectivity index (χ0) is 18.6. The molecule has 2 aromatic heterocycles. The van der Waals surface area contributed by atoms with Crippen molar-refractivity contribution < 1.29 is 18.0 Å². The van der Waals surface area contributed by atoms with E-state index in [2.05, 4.69) is 22.1 Å². The van der Waals surface area contributed by atoms with Crippen LogP contribution in [0.2, 0.25) is 5.02 Å². The van der Waals surface area contributed by atoms with Crippen molar-refractivity contribution in [1.29, 1.82) is 0 Å². The summed E-state index contributed by atoms with van der Waals surface area (Å²) in [5.41, 5.74) is -2.02. The standard InChI is InChI=1S/C13H10ClF3N4O2S2/c1-2-3-24-12-20-19-11(25-12)18-9(22)6-21-5-7(13(15,16)17)4-8(14)10(21)23/h2,4-5H,1,3,6H2,(H,18,19,22). The maximum absolute atomic E-state index is 12.8. The first-order valence-corrected chi connectivity index (χ1v) is 8.73. The van der Waals surface area contributed by atoms with Gasteiger partial charge in [-0.25, -0.2) is 0 Å². The molecule has 25 heavy (non-hydrogen) atoms. The highest BCUT2D eigenvalue weighted by atomic mass is 35.5. The lowest BCUT2D eigenvalue weighted by Crippen LogP contribution is -2.29. The average molecular weight is 411 g/mol. The average Bonchev–Trinajstić information content (AvgIpc) is 2.95. The Balaban J connectivity index is 2.12. The number of aromatic nitrogens is 3. The smallest absolute Gasteiger partial charge is 0.304 e. The number of pyridine rings is 1. The minimum absolute atomic E-state index is 0.169. The van der Waals surface area contributed by atoms with Crippen LogP contribution in [-0.4, -0.2) is 26.4 Å². The first-order valence-electron chi connectivity index (χ1n) is 6.55. The summed E-state index contributed by atoms with van der Waals surface area (Å²) in [6, 6.07) is 0.520. The van der Waals surface area contributed by atoms with Crippen LogP contribution in [0.3, 0.4) is 0 Å². The number of hydrogen-bond donors (Lipinski definition) is 1. The third-order valence-electron chi connectivity index (χ3n) is 2.66. The highest BCUT2D eigenvalue weighted by Gasteiger charge is 2.32. The van der Waals surface area contributed by atoms with Gasteiger partial charge in [-0.1, -0.05) is 40.8 Å². The second-order valence-electron chi connectivity index (χ2n) is 4.53. The van der Waals surface area contributed by atoms with Crippen molar-refractivity contribution in [3.63, 3.8) is 0 Å². The van der Waals surface area contributed by atoms with E-state index in [9.17, 15) is 22.8 Å². The molecule has 1 amide bonds. The lowest BCUT2D eigenvalue weighted by atomic mass is 10.2. The Hall–Kier alpha value is -1.85. The normalized spacial score (nSPS) is 11.4. The number of carbonyl (C=O) groups is 1. The molecule has 0 atom stereocenters. The number of anilines is 1. The van der Waals surface area contributed by atoms with Crippen molar-refractivity contribution in [1.82, 2.24) is 14.8 Å². The molecule has 0 aliphatic carbocycles. The third-order valence-corrected chi connectivity index (χ3v) is 4.90. The zero-order valence-corrected chi connectivity index (χ0v) is 14.7. The van der Waals surface area contributed by atoms with Crippen molar-refractivity contribution in [2.24, 2.45) is 0 Å². The second-order valence-corrected chi connectivity index (χ2v) is 7.18. The molecular weight excluding hydrogens is 401 g/mol. The summed E-state index contributed by atoms with van der Waals surface area (Å²) in [7, 11) is 0. The number of halogens is 4. The van der Waals surface area contributed by atoms with Crippen LogP contribution in [-0.2, 0) is 17.5 Å². The zero-order valence-electron chi connectivity index (χ0n) is 12.3. The van der Waals surface area contributed by atoms with Crippen molar-refractivity contribution in [2.45, 2.75) is 17.1 Å². The minimum Gasteiger partial charge on any atom is -0.304 e. The van der Waals surface area contributed by atoms with Gasteiger partial charge in [0.15, 0.2) is 4.34 Å². The highest BCUT2D eigenvalue weighted by Crippen LogP contribution is 2.29. The Morgan fingerprint density at radius 2 is 2.20 bits per heavy atom. The predicted molar refractivity (Wildman–Crippen MR) is 90.2 cm³/mol. The molecule has 2 aromatic rings. The van der Waals surface area contributed by atoms with Crippen LogP contribution in [0.15, 0.2) is 34.1 Å². The Bertz CT molecular complexity index is 851. The third kappa shape index (κ3) is 5.31. The molecule has 0 radical (unpaired) electrons. The monoisotopic (exact) mass is 410 g/mol. The predicted octanol–water partition coefficient (Wildman–Crippen LogP) is 3.29. The van der Waals surface area contributed by atoms with Crippen LogP contribution in [0, 0.1) is 0 Å². The summed E-state index contributed by atoms with van der Waals surface area (Å²) in [5.74, 6) is -0.116. The lowest BCUT2D eigenvalue weighted by Gasteiger charge is -2.11.